The van der Waals surface area contributed by atoms with E-state index in [2.05, 4.69) is 35.2 Å². The van der Waals surface area contributed by atoms with Gasteiger partial charge in [-0.05, 0) is 33.2 Å². The van der Waals surface area contributed by atoms with E-state index in [1.165, 1.54) is 12.1 Å². The Kier molecular flexibility index (Phi) is 3.84. The number of hydrogen-bond donors (Lipinski definition) is 1. The van der Waals surface area contributed by atoms with Gasteiger partial charge in [0.25, 0.3) is 0 Å². The predicted molar refractivity (Wildman–Crippen MR) is 69.8 cm³/mol. The highest BCUT2D eigenvalue weighted by molar-refractivity contribution is 5.12. The van der Waals surface area contributed by atoms with Crippen molar-refractivity contribution in [2.45, 2.75) is 51.7 Å². The summed E-state index contributed by atoms with van der Waals surface area (Å²) >= 11 is 0. The summed E-state index contributed by atoms with van der Waals surface area (Å²) in [5.74, 6) is 0. The standard InChI is InChI=1S/C13H24N4/c1-4-6-16-7-5-11(14)13(16)12-8-15-9-17(12)10(2)3/h8-11,13H,4-7,14H2,1-3H3. The van der Waals surface area contributed by atoms with Crippen LogP contribution in [0.1, 0.15) is 51.4 Å². The summed E-state index contributed by atoms with van der Waals surface area (Å²) in [6.07, 6.45) is 6.18. The molecule has 2 unspecified atom stereocenters. The zero-order valence-corrected chi connectivity index (χ0v) is 11.1. The molecule has 17 heavy (non-hydrogen) atoms. The number of aromatic nitrogens is 2. The van der Waals surface area contributed by atoms with Crippen LogP contribution < -0.4 is 5.73 Å². The van der Waals surface area contributed by atoms with Gasteiger partial charge in [0.1, 0.15) is 0 Å². The van der Waals surface area contributed by atoms with Gasteiger partial charge in [0.15, 0.2) is 0 Å². The van der Waals surface area contributed by atoms with E-state index in [-0.39, 0.29) is 6.04 Å². The summed E-state index contributed by atoms with van der Waals surface area (Å²) in [7, 11) is 0. The minimum Gasteiger partial charge on any atom is -0.331 e. The van der Waals surface area contributed by atoms with Crippen LogP contribution in [0.4, 0.5) is 0 Å². The van der Waals surface area contributed by atoms with E-state index in [0.29, 0.717) is 12.1 Å². The molecule has 1 aromatic rings. The number of imidazole rings is 1. The Balaban J connectivity index is 2.26. The molecule has 1 aromatic heterocycles. The van der Waals surface area contributed by atoms with Crippen LogP contribution in [0.5, 0.6) is 0 Å². The van der Waals surface area contributed by atoms with Crippen LogP contribution in [0.15, 0.2) is 12.5 Å². The van der Waals surface area contributed by atoms with Crippen LogP contribution in [0.25, 0.3) is 0 Å². The second-order valence-corrected chi connectivity index (χ2v) is 5.25. The third-order valence-electron chi connectivity index (χ3n) is 3.61. The molecule has 4 nitrogen and oxygen atoms in total. The fourth-order valence-corrected chi connectivity index (χ4v) is 2.80. The smallest absolute Gasteiger partial charge is 0.0951 e. The molecule has 0 spiro atoms. The SMILES string of the molecule is CCCN1CCC(N)C1c1cncn1C(C)C. The van der Waals surface area contributed by atoms with Gasteiger partial charge in [0, 0.05) is 24.8 Å². The van der Waals surface area contributed by atoms with E-state index in [1.807, 2.05) is 12.5 Å². The van der Waals surface area contributed by atoms with Gasteiger partial charge in [-0.1, -0.05) is 6.92 Å². The zero-order valence-electron chi connectivity index (χ0n) is 11.1. The van der Waals surface area contributed by atoms with Crippen molar-refractivity contribution in [1.82, 2.24) is 14.5 Å². The molecular formula is C13H24N4. The molecule has 0 amide bonds. The van der Waals surface area contributed by atoms with Crippen LogP contribution in [0.2, 0.25) is 0 Å². The minimum absolute atomic E-state index is 0.246. The first kappa shape index (κ1) is 12.6. The molecule has 2 heterocycles. The minimum atomic E-state index is 0.246. The van der Waals surface area contributed by atoms with E-state index in [0.717, 1.165) is 19.5 Å². The van der Waals surface area contributed by atoms with Crippen molar-refractivity contribution in [3.05, 3.63) is 18.2 Å². The average Bonchev–Trinajstić information content (AvgIpc) is 2.85. The van der Waals surface area contributed by atoms with Crippen molar-refractivity contribution >= 4 is 0 Å². The molecule has 2 N–H and O–H groups in total. The van der Waals surface area contributed by atoms with Gasteiger partial charge in [0.2, 0.25) is 0 Å². The van der Waals surface area contributed by atoms with E-state index < -0.39 is 0 Å². The summed E-state index contributed by atoms with van der Waals surface area (Å²) in [6, 6.07) is 1.04. The van der Waals surface area contributed by atoms with Crippen molar-refractivity contribution in [2.75, 3.05) is 13.1 Å². The molecular weight excluding hydrogens is 212 g/mol. The van der Waals surface area contributed by atoms with Crippen molar-refractivity contribution in [3.8, 4) is 0 Å². The van der Waals surface area contributed by atoms with Crippen LogP contribution in [0, 0.1) is 0 Å². The number of likely N-dealkylation sites (tertiary alicyclic amines) is 1. The molecule has 2 atom stereocenters. The van der Waals surface area contributed by atoms with Gasteiger partial charge in [0.05, 0.1) is 18.1 Å². The van der Waals surface area contributed by atoms with Gasteiger partial charge < -0.3 is 10.3 Å². The summed E-state index contributed by atoms with van der Waals surface area (Å²) in [4.78, 5) is 6.80. The van der Waals surface area contributed by atoms with Gasteiger partial charge in [-0.25, -0.2) is 4.98 Å². The molecule has 0 saturated carbocycles. The van der Waals surface area contributed by atoms with Crippen LogP contribution >= 0.6 is 0 Å². The Morgan fingerprint density at radius 3 is 2.94 bits per heavy atom. The third kappa shape index (κ3) is 2.38. The molecule has 96 valence electrons. The van der Waals surface area contributed by atoms with E-state index in [1.54, 1.807) is 0 Å². The fourth-order valence-electron chi connectivity index (χ4n) is 2.80. The second kappa shape index (κ2) is 5.19. The number of rotatable bonds is 4. The summed E-state index contributed by atoms with van der Waals surface area (Å²) in [6.45, 7) is 8.84. The van der Waals surface area contributed by atoms with E-state index in [9.17, 15) is 0 Å². The van der Waals surface area contributed by atoms with E-state index >= 15 is 0 Å². The van der Waals surface area contributed by atoms with Gasteiger partial charge in [-0.3, -0.25) is 4.90 Å². The molecule has 4 heteroatoms. The average molecular weight is 236 g/mol. The quantitative estimate of drug-likeness (QED) is 0.869. The Bertz CT molecular complexity index is 356. The molecule has 2 rings (SSSR count). The Morgan fingerprint density at radius 1 is 1.53 bits per heavy atom. The van der Waals surface area contributed by atoms with E-state index in [4.69, 9.17) is 5.73 Å². The maximum Gasteiger partial charge on any atom is 0.0951 e. The number of nitrogens with zero attached hydrogens (tertiary/aromatic N) is 3. The largest absolute Gasteiger partial charge is 0.331 e. The molecule has 1 aliphatic heterocycles. The highest BCUT2D eigenvalue weighted by Crippen LogP contribution is 2.32. The lowest BCUT2D eigenvalue weighted by atomic mass is 10.1. The molecule has 1 fully saturated rings. The van der Waals surface area contributed by atoms with Crippen molar-refractivity contribution in [2.24, 2.45) is 5.73 Å². The van der Waals surface area contributed by atoms with Crippen LogP contribution in [-0.4, -0.2) is 33.6 Å². The first-order chi connectivity index (χ1) is 8.15. The molecule has 0 aromatic carbocycles. The molecule has 1 saturated heterocycles. The maximum absolute atomic E-state index is 6.28. The highest BCUT2D eigenvalue weighted by Gasteiger charge is 2.34. The Labute approximate surface area is 104 Å². The monoisotopic (exact) mass is 236 g/mol. The van der Waals surface area contributed by atoms with Crippen molar-refractivity contribution < 1.29 is 0 Å². The van der Waals surface area contributed by atoms with Gasteiger partial charge in [-0.2, -0.15) is 0 Å². The first-order valence-electron chi connectivity index (χ1n) is 6.66. The lowest BCUT2D eigenvalue weighted by molar-refractivity contribution is 0.237. The predicted octanol–water partition coefficient (Wildman–Crippen LogP) is 1.95. The summed E-state index contributed by atoms with van der Waals surface area (Å²) in [5.41, 5.74) is 7.55. The Morgan fingerprint density at radius 2 is 2.29 bits per heavy atom. The first-order valence-corrected chi connectivity index (χ1v) is 6.66. The summed E-state index contributed by atoms with van der Waals surface area (Å²) < 4.78 is 2.25. The third-order valence-corrected chi connectivity index (χ3v) is 3.61. The summed E-state index contributed by atoms with van der Waals surface area (Å²) in [5, 5.41) is 0. The maximum atomic E-state index is 6.28. The topological polar surface area (TPSA) is 47.1 Å². The van der Waals surface area contributed by atoms with Crippen LogP contribution in [0.3, 0.4) is 0 Å². The second-order valence-electron chi connectivity index (χ2n) is 5.25. The van der Waals surface area contributed by atoms with Gasteiger partial charge >= 0.3 is 0 Å². The molecule has 0 radical (unpaired) electrons. The fraction of sp³-hybridized carbons (Fsp3) is 0.769. The van der Waals surface area contributed by atoms with Crippen molar-refractivity contribution in [1.29, 1.82) is 0 Å². The lowest BCUT2D eigenvalue weighted by Crippen LogP contribution is -2.34. The normalized spacial score (nSPS) is 25.9. The molecule has 0 bridgehead atoms. The van der Waals surface area contributed by atoms with Gasteiger partial charge in [-0.15, -0.1) is 0 Å². The number of nitrogens with two attached hydrogens (primary N) is 1. The van der Waals surface area contributed by atoms with Crippen LogP contribution in [-0.2, 0) is 0 Å². The number of hydrogen-bond acceptors (Lipinski definition) is 3. The van der Waals surface area contributed by atoms with Crippen molar-refractivity contribution in [3.63, 3.8) is 0 Å². The highest BCUT2D eigenvalue weighted by atomic mass is 15.2. The molecule has 1 aliphatic rings. The Hall–Kier alpha value is -0.870. The molecule has 0 aliphatic carbocycles. The lowest BCUT2D eigenvalue weighted by Gasteiger charge is -2.28. The zero-order chi connectivity index (χ0) is 12.4.